The first kappa shape index (κ1) is 21.5. The molecule has 0 aromatic heterocycles. The Hall–Kier alpha value is -1.50. The van der Waals surface area contributed by atoms with Crippen molar-refractivity contribution in [2.75, 3.05) is 19.6 Å². The van der Waals surface area contributed by atoms with E-state index in [4.69, 9.17) is 9.47 Å². The predicted molar refractivity (Wildman–Crippen MR) is 95.4 cm³/mol. The summed E-state index contributed by atoms with van der Waals surface area (Å²) < 4.78 is 10.6. The van der Waals surface area contributed by atoms with Crippen LogP contribution in [0, 0.1) is 5.92 Å². The second kappa shape index (κ2) is 7.81. The van der Waals surface area contributed by atoms with Crippen LogP contribution in [0.2, 0.25) is 0 Å². The Labute approximate surface area is 151 Å². The maximum atomic E-state index is 12.2. The highest BCUT2D eigenvalue weighted by Crippen LogP contribution is 2.28. The summed E-state index contributed by atoms with van der Waals surface area (Å²) in [7, 11) is 0. The van der Waals surface area contributed by atoms with E-state index in [-0.39, 0.29) is 18.6 Å². The van der Waals surface area contributed by atoms with Crippen molar-refractivity contribution >= 4 is 12.2 Å². The summed E-state index contributed by atoms with van der Waals surface area (Å²) in [6.45, 7) is 13.6. The lowest BCUT2D eigenvalue weighted by Crippen LogP contribution is -2.53. The van der Waals surface area contributed by atoms with Gasteiger partial charge in [-0.25, -0.2) is 9.59 Å². The van der Waals surface area contributed by atoms with Crippen LogP contribution in [-0.2, 0) is 9.47 Å². The normalized spacial score (nSPS) is 21.3. The molecule has 146 valence electrons. The van der Waals surface area contributed by atoms with Crippen LogP contribution >= 0.6 is 0 Å². The molecular weight excluding hydrogens is 324 g/mol. The number of carbonyl (C=O) groups is 2. The van der Waals surface area contributed by atoms with Gasteiger partial charge in [-0.05, 0) is 61.3 Å². The van der Waals surface area contributed by atoms with E-state index in [0.29, 0.717) is 13.1 Å². The third-order valence-corrected chi connectivity index (χ3v) is 3.94. The summed E-state index contributed by atoms with van der Waals surface area (Å²) in [6, 6.07) is 0. The zero-order valence-electron chi connectivity index (χ0n) is 16.6. The van der Waals surface area contributed by atoms with Crippen LogP contribution < -0.4 is 5.32 Å². The van der Waals surface area contributed by atoms with E-state index < -0.39 is 22.9 Å². The van der Waals surface area contributed by atoms with Crippen molar-refractivity contribution in [3.8, 4) is 0 Å². The summed E-state index contributed by atoms with van der Waals surface area (Å²) in [5, 5.41) is 13.4. The standard InChI is InChI=1S/C18H34N2O5/c1-16(2,3)24-14(21)19-12-18(7,23)13-9-8-10-20(11-13)15(22)25-17(4,5)6/h13,23H,8-12H2,1-7H3,(H,19,21). The third kappa shape index (κ3) is 7.94. The molecule has 1 aliphatic heterocycles. The second-order valence-electron chi connectivity index (χ2n) is 8.98. The molecular formula is C18H34N2O5. The van der Waals surface area contributed by atoms with Gasteiger partial charge < -0.3 is 24.8 Å². The van der Waals surface area contributed by atoms with E-state index in [1.54, 1.807) is 32.6 Å². The molecule has 1 aliphatic rings. The molecule has 0 radical (unpaired) electrons. The smallest absolute Gasteiger partial charge is 0.410 e. The van der Waals surface area contributed by atoms with E-state index in [9.17, 15) is 14.7 Å². The van der Waals surface area contributed by atoms with Gasteiger partial charge in [-0.15, -0.1) is 0 Å². The lowest BCUT2D eigenvalue weighted by molar-refractivity contribution is -0.0401. The SMILES string of the molecule is CC(C)(C)OC(=O)NCC(C)(O)C1CCCN(C(=O)OC(C)(C)C)C1. The Morgan fingerprint density at radius 1 is 1.08 bits per heavy atom. The first-order valence-corrected chi connectivity index (χ1v) is 8.87. The molecule has 1 saturated heterocycles. The van der Waals surface area contributed by atoms with Gasteiger partial charge in [0.15, 0.2) is 0 Å². The van der Waals surface area contributed by atoms with E-state index >= 15 is 0 Å². The van der Waals surface area contributed by atoms with Gasteiger partial charge in [0, 0.05) is 25.6 Å². The van der Waals surface area contributed by atoms with Crippen molar-refractivity contribution < 1.29 is 24.2 Å². The highest BCUT2D eigenvalue weighted by molar-refractivity contribution is 5.68. The third-order valence-electron chi connectivity index (χ3n) is 3.94. The number of alkyl carbamates (subject to hydrolysis) is 1. The van der Waals surface area contributed by atoms with Crippen molar-refractivity contribution in [2.24, 2.45) is 5.92 Å². The maximum absolute atomic E-state index is 12.2. The molecule has 0 aromatic rings. The van der Waals surface area contributed by atoms with E-state index in [1.807, 2.05) is 20.8 Å². The number of nitrogens with zero attached hydrogens (tertiary/aromatic N) is 1. The zero-order valence-corrected chi connectivity index (χ0v) is 16.6. The summed E-state index contributed by atoms with van der Waals surface area (Å²) in [5.41, 5.74) is -2.28. The molecule has 0 aromatic carbocycles. The fourth-order valence-electron chi connectivity index (χ4n) is 2.69. The van der Waals surface area contributed by atoms with Crippen LogP contribution in [0.3, 0.4) is 0 Å². The molecule has 0 bridgehead atoms. The molecule has 0 saturated carbocycles. The van der Waals surface area contributed by atoms with Crippen LogP contribution in [0.5, 0.6) is 0 Å². The number of carbonyl (C=O) groups excluding carboxylic acids is 2. The largest absolute Gasteiger partial charge is 0.444 e. The summed E-state index contributed by atoms with van der Waals surface area (Å²) in [5.74, 6) is -0.149. The minimum absolute atomic E-state index is 0.0642. The maximum Gasteiger partial charge on any atom is 0.410 e. The van der Waals surface area contributed by atoms with Crippen molar-refractivity contribution in [3.05, 3.63) is 0 Å². The van der Waals surface area contributed by atoms with Crippen LogP contribution in [0.4, 0.5) is 9.59 Å². The zero-order chi connectivity index (χ0) is 19.5. The monoisotopic (exact) mass is 358 g/mol. The first-order valence-electron chi connectivity index (χ1n) is 8.87. The van der Waals surface area contributed by atoms with Crippen molar-refractivity contribution in [1.82, 2.24) is 10.2 Å². The second-order valence-corrected chi connectivity index (χ2v) is 8.98. The number of rotatable bonds is 3. The Morgan fingerprint density at radius 3 is 2.16 bits per heavy atom. The van der Waals surface area contributed by atoms with E-state index in [1.165, 1.54) is 0 Å². The fourth-order valence-corrected chi connectivity index (χ4v) is 2.69. The summed E-state index contributed by atoms with van der Waals surface area (Å²) in [4.78, 5) is 25.7. The number of hydrogen-bond donors (Lipinski definition) is 2. The molecule has 2 amide bonds. The molecule has 7 heteroatoms. The lowest BCUT2D eigenvalue weighted by Gasteiger charge is -2.40. The van der Waals surface area contributed by atoms with Crippen LogP contribution in [0.1, 0.15) is 61.3 Å². The highest BCUT2D eigenvalue weighted by atomic mass is 16.6. The number of aliphatic hydroxyl groups is 1. The highest BCUT2D eigenvalue weighted by Gasteiger charge is 2.38. The Balaban J connectivity index is 2.59. The molecule has 25 heavy (non-hydrogen) atoms. The number of nitrogens with one attached hydrogen (secondary N) is 1. The number of amides is 2. The molecule has 1 heterocycles. The van der Waals surface area contributed by atoms with Gasteiger partial charge in [-0.1, -0.05) is 0 Å². The van der Waals surface area contributed by atoms with Gasteiger partial charge in [0.1, 0.15) is 11.2 Å². The molecule has 7 nitrogen and oxygen atoms in total. The minimum atomic E-state index is -1.14. The molecule has 1 rings (SSSR count). The average Bonchev–Trinajstić information content (AvgIpc) is 2.42. The fraction of sp³-hybridized carbons (Fsp3) is 0.889. The first-order chi connectivity index (χ1) is 11.2. The average molecular weight is 358 g/mol. The summed E-state index contributed by atoms with van der Waals surface area (Å²) >= 11 is 0. The number of piperidine rings is 1. The topological polar surface area (TPSA) is 88.1 Å². The van der Waals surface area contributed by atoms with E-state index in [2.05, 4.69) is 5.32 Å². The molecule has 2 atom stereocenters. The van der Waals surface area contributed by atoms with Crippen LogP contribution in [0.15, 0.2) is 0 Å². The van der Waals surface area contributed by atoms with Crippen molar-refractivity contribution in [1.29, 1.82) is 0 Å². The Bertz CT molecular complexity index is 477. The van der Waals surface area contributed by atoms with E-state index in [0.717, 1.165) is 12.8 Å². The van der Waals surface area contributed by atoms with Crippen LogP contribution in [0.25, 0.3) is 0 Å². The summed E-state index contributed by atoms with van der Waals surface area (Å²) in [6.07, 6.45) is 0.634. The predicted octanol–water partition coefficient (Wildman–Crippen LogP) is 2.91. The van der Waals surface area contributed by atoms with Gasteiger partial charge in [-0.2, -0.15) is 0 Å². The van der Waals surface area contributed by atoms with Gasteiger partial charge in [0.25, 0.3) is 0 Å². The van der Waals surface area contributed by atoms with Gasteiger partial charge in [0.05, 0.1) is 5.60 Å². The molecule has 2 unspecified atom stereocenters. The number of likely N-dealkylation sites (tertiary alicyclic amines) is 1. The number of ether oxygens (including phenoxy) is 2. The van der Waals surface area contributed by atoms with Crippen molar-refractivity contribution in [3.63, 3.8) is 0 Å². The molecule has 2 N–H and O–H groups in total. The molecule has 1 fully saturated rings. The molecule has 0 spiro atoms. The quantitative estimate of drug-likeness (QED) is 0.810. The van der Waals surface area contributed by atoms with Crippen LogP contribution in [-0.4, -0.2) is 58.6 Å². The van der Waals surface area contributed by atoms with Gasteiger partial charge in [0.2, 0.25) is 0 Å². The number of hydrogen-bond acceptors (Lipinski definition) is 5. The molecule has 0 aliphatic carbocycles. The van der Waals surface area contributed by atoms with Gasteiger partial charge in [-0.3, -0.25) is 0 Å². The minimum Gasteiger partial charge on any atom is -0.444 e. The Morgan fingerprint density at radius 2 is 1.64 bits per heavy atom. The Kier molecular flexibility index (Phi) is 6.73. The van der Waals surface area contributed by atoms with Crippen molar-refractivity contribution in [2.45, 2.75) is 78.1 Å². The lowest BCUT2D eigenvalue weighted by atomic mass is 9.83. The van der Waals surface area contributed by atoms with Gasteiger partial charge >= 0.3 is 12.2 Å².